The SMILES string of the molecule is CC(N)CC(F)c1cccc(C(F)(F)F)c1. The number of nitrogens with two attached hydrogens (primary N) is 1. The highest BCUT2D eigenvalue weighted by molar-refractivity contribution is 5.27. The van der Waals surface area contributed by atoms with Crippen LogP contribution in [0.15, 0.2) is 24.3 Å². The van der Waals surface area contributed by atoms with E-state index in [9.17, 15) is 17.6 Å². The van der Waals surface area contributed by atoms with Gasteiger partial charge in [0.15, 0.2) is 0 Å². The van der Waals surface area contributed by atoms with E-state index in [4.69, 9.17) is 5.73 Å². The van der Waals surface area contributed by atoms with E-state index in [1.165, 1.54) is 12.1 Å². The van der Waals surface area contributed by atoms with E-state index >= 15 is 0 Å². The summed E-state index contributed by atoms with van der Waals surface area (Å²) in [5.41, 5.74) is 4.58. The molecule has 1 rings (SSSR count). The van der Waals surface area contributed by atoms with E-state index in [0.29, 0.717) is 0 Å². The molecule has 0 spiro atoms. The predicted molar refractivity (Wildman–Crippen MR) is 53.6 cm³/mol. The average Bonchev–Trinajstić information content (AvgIpc) is 2.15. The number of rotatable bonds is 3. The quantitative estimate of drug-likeness (QED) is 0.798. The molecule has 0 bridgehead atoms. The zero-order valence-corrected chi connectivity index (χ0v) is 8.76. The summed E-state index contributed by atoms with van der Waals surface area (Å²) in [7, 11) is 0. The first-order valence-corrected chi connectivity index (χ1v) is 4.87. The number of hydrogen-bond acceptors (Lipinski definition) is 1. The summed E-state index contributed by atoms with van der Waals surface area (Å²) in [6.07, 6.45) is -5.88. The predicted octanol–water partition coefficient (Wildman–Crippen LogP) is 3.45. The standard InChI is InChI=1S/C11H13F4N/c1-7(16)5-10(12)8-3-2-4-9(6-8)11(13,14)15/h2-4,6-7,10H,5,16H2,1H3. The minimum atomic E-state index is -4.44. The maximum atomic E-state index is 13.5. The lowest BCUT2D eigenvalue weighted by Crippen LogP contribution is -2.17. The van der Waals surface area contributed by atoms with Gasteiger partial charge in [-0.2, -0.15) is 13.2 Å². The molecule has 0 heterocycles. The van der Waals surface area contributed by atoms with Gasteiger partial charge in [0.05, 0.1) is 5.56 Å². The van der Waals surface area contributed by atoms with Crippen LogP contribution in [0.1, 0.15) is 30.6 Å². The minimum Gasteiger partial charge on any atom is -0.328 e. The summed E-state index contributed by atoms with van der Waals surface area (Å²) in [5.74, 6) is 0. The molecule has 90 valence electrons. The van der Waals surface area contributed by atoms with Gasteiger partial charge in [-0.15, -0.1) is 0 Å². The van der Waals surface area contributed by atoms with Crippen molar-refractivity contribution in [3.05, 3.63) is 35.4 Å². The van der Waals surface area contributed by atoms with Crippen LogP contribution in [-0.4, -0.2) is 6.04 Å². The van der Waals surface area contributed by atoms with Crippen LogP contribution in [0.3, 0.4) is 0 Å². The van der Waals surface area contributed by atoms with Crippen LogP contribution in [0.4, 0.5) is 17.6 Å². The summed E-state index contributed by atoms with van der Waals surface area (Å²) in [6.45, 7) is 1.61. The molecular formula is C11H13F4N. The molecule has 1 aromatic rings. The molecule has 2 N–H and O–H groups in total. The molecule has 1 aromatic carbocycles. The topological polar surface area (TPSA) is 26.0 Å². The molecule has 2 unspecified atom stereocenters. The van der Waals surface area contributed by atoms with Gasteiger partial charge in [-0.3, -0.25) is 0 Å². The fraction of sp³-hybridized carbons (Fsp3) is 0.455. The maximum Gasteiger partial charge on any atom is 0.416 e. The normalized spacial score (nSPS) is 15.9. The number of alkyl halides is 4. The first-order chi connectivity index (χ1) is 7.30. The smallest absolute Gasteiger partial charge is 0.328 e. The lowest BCUT2D eigenvalue weighted by atomic mass is 10.0. The van der Waals surface area contributed by atoms with E-state index in [1.807, 2.05) is 0 Å². The number of benzene rings is 1. The second-order valence-electron chi connectivity index (χ2n) is 3.80. The zero-order valence-electron chi connectivity index (χ0n) is 8.76. The summed E-state index contributed by atoms with van der Waals surface area (Å²) in [4.78, 5) is 0. The molecule has 0 saturated heterocycles. The third-order valence-electron chi connectivity index (χ3n) is 2.15. The van der Waals surface area contributed by atoms with Crippen molar-refractivity contribution in [2.24, 2.45) is 5.73 Å². The van der Waals surface area contributed by atoms with Crippen molar-refractivity contribution in [3.8, 4) is 0 Å². The Morgan fingerprint density at radius 1 is 1.31 bits per heavy atom. The lowest BCUT2D eigenvalue weighted by molar-refractivity contribution is -0.137. The summed E-state index contributed by atoms with van der Waals surface area (Å²) >= 11 is 0. The first kappa shape index (κ1) is 13.0. The van der Waals surface area contributed by atoms with Crippen LogP contribution in [0, 0.1) is 0 Å². The molecule has 5 heteroatoms. The van der Waals surface area contributed by atoms with Crippen molar-refractivity contribution in [1.82, 2.24) is 0 Å². The van der Waals surface area contributed by atoms with Gasteiger partial charge in [-0.05, 0) is 31.0 Å². The zero-order chi connectivity index (χ0) is 12.3. The molecule has 0 aliphatic rings. The first-order valence-electron chi connectivity index (χ1n) is 4.87. The summed E-state index contributed by atoms with van der Waals surface area (Å²) in [6, 6.07) is 3.90. The molecule has 0 saturated carbocycles. The summed E-state index contributed by atoms with van der Waals surface area (Å²) in [5, 5.41) is 0. The van der Waals surface area contributed by atoms with Crippen LogP contribution in [0.5, 0.6) is 0 Å². The fourth-order valence-electron chi connectivity index (χ4n) is 1.37. The van der Waals surface area contributed by atoms with Crippen molar-refractivity contribution in [2.45, 2.75) is 31.7 Å². The third kappa shape index (κ3) is 3.48. The van der Waals surface area contributed by atoms with Gasteiger partial charge in [-0.25, -0.2) is 4.39 Å². The van der Waals surface area contributed by atoms with Crippen LogP contribution in [0.2, 0.25) is 0 Å². The van der Waals surface area contributed by atoms with Gasteiger partial charge in [0.25, 0.3) is 0 Å². The van der Waals surface area contributed by atoms with Crippen LogP contribution < -0.4 is 5.73 Å². The van der Waals surface area contributed by atoms with Crippen molar-refractivity contribution < 1.29 is 17.6 Å². The van der Waals surface area contributed by atoms with Crippen molar-refractivity contribution in [2.75, 3.05) is 0 Å². The molecule has 0 aliphatic carbocycles. The van der Waals surface area contributed by atoms with Crippen LogP contribution >= 0.6 is 0 Å². The van der Waals surface area contributed by atoms with Gasteiger partial charge < -0.3 is 5.73 Å². The fourth-order valence-corrected chi connectivity index (χ4v) is 1.37. The molecule has 16 heavy (non-hydrogen) atoms. The van der Waals surface area contributed by atoms with Gasteiger partial charge >= 0.3 is 6.18 Å². The third-order valence-corrected chi connectivity index (χ3v) is 2.15. The number of halogens is 4. The Labute approximate surface area is 91.3 Å². The average molecular weight is 235 g/mol. The Morgan fingerprint density at radius 2 is 1.94 bits per heavy atom. The summed E-state index contributed by atoms with van der Waals surface area (Å²) < 4.78 is 50.5. The Kier molecular flexibility index (Phi) is 3.91. The molecular weight excluding hydrogens is 222 g/mol. The highest BCUT2D eigenvalue weighted by Gasteiger charge is 2.31. The molecule has 2 atom stereocenters. The van der Waals surface area contributed by atoms with E-state index < -0.39 is 17.9 Å². The second-order valence-corrected chi connectivity index (χ2v) is 3.80. The molecule has 0 aromatic heterocycles. The highest BCUT2D eigenvalue weighted by Crippen LogP contribution is 2.32. The Hall–Kier alpha value is -1.10. The maximum absolute atomic E-state index is 13.5. The Morgan fingerprint density at radius 3 is 2.44 bits per heavy atom. The van der Waals surface area contributed by atoms with Crippen LogP contribution in [-0.2, 0) is 6.18 Å². The minimum absolute atomic E-state index is 0.0152. The Bertz CT molecular complexity index is 346. The van der Waals surface area contributed by atoms with E-state index in [1.54, 1.807) is 6.92 Å². The van der Waals surface area contributed by atoms with E-state index in [0.717, 1.165) is 12.1 Å². The van der Waals surface area contributed by atoms with Crippen molar-refractivity contribution in [1.29, 1.82) is 0 Å². The number of hydrogen-bond donors (Lipinski definition) is 1. The second kappa shape index (κ2) is 4.82. The van der Waals surface area contributed by atoms with Crippen LogP contribution in [0.25, 0.3) is 0 Å². The Balaban J connectivity index is 2.90. The molecule has 0 fully saturated rings. The molecule has 1 nitrogen and oxygen atoms in total. The lowest BCUT2D eigenvalue weighted by Gasteiger charge is -2.13. The molecule has 0 radical (unpaired) electrons. The van der Waals surface area contributed by atoms with Gasteiger partial charge in [0, 0.05) is 6.04 Å². The van der Waals surface area contributed by atoms with Crippen molar-refractivity contribution in [3.63, 3.8) is 0 Å². The van der Waals surface area contributed by atoms with Crippen molar-refractivity contribution >= 4 is 0 Å². The molecule has 0 amide bonds. The monoisotopic (exact) mass is 235 g/mol. The molecule has 0 aliphatic heterocycles. The van der Waals surface area contributed by atoms with Gasteiger partial charge in [-0.1, -0.05) is 12.1 Å². The van der Waals surface area contributed by atoms with E-state index in [2.05, 4.69) is 0 Å². The van der Waals surface area contributed by atoms with Gasteiger partial charge in [0.2, 0.25) is 0 Å². The van der Waals surface area contributed by atoms with E-state index in [-0.39, 0.29) is 18.0 Å². The largest absolute Gasteiger partial charge is 0.416 e. The van der Waals surface area contributed by atoms with Gasteiger partial charge in [0.1, 0.15) is 6.17 Å². The highest BCUT2D eigenvalue weighted by atomic mass is 19.4.